The van der Waals surface area contributed by atoms with E-state index in [9.17, 15) is 0 Å². The molecule has 0 saturated carbocycles. The van der Waals surface area contributed by atoms with Gasteiger partial charge in [-0.05, 0) is 38.8 Å². The van der Waals surface area contributed by atoms with Crippen LogP contribution in [0.5, 0.6) is 0 Å². The number of hydrogen-bond donors (Lipinski definition) is 2. The largest absolute Gasteiger partial charge is 0.396 e. The Morgan fingerprint density at radius 3 is 2.74 bits per heavy atom. The van der Waals surface area contributed by atoms with E-state index in [2.05, 4.69) is 48.3 Å². The smallest absolute Gasteiger partial charge is 0.0446 e. The second-order valence-corrected chi connectivity index (χ2v) is 5.72. The van der Waals surface area contributed by atoms with Crippen molar-refractivity contribution in [2.24, 2.45) is 0 Å². The SMILES string of the molecule is Cc1ccc(CN2CC(CCO)NCCC2C)cc1. The van der Waals surface area contributed by atoms with Crippen LogP contribution >= 0.6 is 0 Å². The first kappa shape index (κ1) is 14.5. The van der Waals surface area contributed by atoms with Gasteiger partial charge in [-0.1, -0.05) is 29.8 Å². The van der Waals surface area contributed by atoms with Crippen LogP contribution < -0.4 is 5.32 Å². The summed E-state index contributed by atoms with van der Waals surface area (Å²) >= 11 is 0. The summed E-state index contributed by atoms with van der Waals surface area (Å²) in [6.45, 7) is 7.78. The number of hydrogen-bond acceptors (Lipinski definition) is 3. The quantitative estimate of drug-likeness (QED) is 0.870. The zero-order valence-electron chi connectivity index (χ0n) is 12.1. The maximum Gasteiger partial charge on any atom is 0.0446 e. The highest BCUT2D eigenvalue weighted by atomic mass is 16.3. The molecule has 0 aliphatic carbocycles. The Morgan fingerprint density at radius 1 is 1.32 bits per heavy atom. The highest BCUT2D eigenvalue weighted by Crippen LogP contribution is 2.15. The molecule has 1 heterocycles. The average Bonchev–Trinajstić information content (AvgIpc) is 2.56. The van der Waals surface area contributed by atoms with Gasteiger partial charge in [0, 0.05) is 31.8 Å². The van der Waals surface area contributed by atoms with Gasteiger partial charge in [-0.15, -0.1) is 0 Å². The molecule has 0 bridgehead atoms. The molecule has 0 radical (unpaired) electrons. The Labute approximate surface area is 116 Å². The predicted molar refractivity (Wildman–Crippen MR) is 79.2 cm³/mol. The number of rotatable bonds is 4. The second kappa shape index (κ2) is 7.04. The summed E-state index contributed by atoms with van der Waals surface area (Å²) in [7, 11) is 0. The van der Waals surface area contributed by atoms with Crippen LogP contribution in [0.15, 0.2) is 24.3 Å². The molecule has 2 N–H and O–H groups in total. The van der Waals surface area contributed by atoms with E-state index in [0.717, 1.165) is 26.1 Å². The van der Waals surface area contributed by atoms with Crippen molar-refractivity contribution in [1.29, 1.82) is 0 Å². The number of aliphatic hydroxyl groups excluding tert-OH is 1. The molecule has 3 nitrogen and oxygen atoms in total. The van der Waals surface area contributed by atoms with Gasteiger partial charge in [0.2, 0.25) is 0 Å². The van der Waals surface area contributed by atoms with Crippen LogP contribution in [-0.4, -0.2) is 41.8 Å². The van der Waals surface area contributed by atoms with Crippen LogP contribution in [0.4, 0.5) is 0 Å². The van der Waals surface area contributed by atoms with Crippen molar-refractivity contribution in [2.75, 3.05) is 19.7 Å². The van der Waals surface area contributed by atoms with E-state index in [1.165, 1.54) is 17.5 Å². The van der Waals surface area contributed by atoms with Crippen LogP contribution in [0.2, 0.25) is 0 Å². The number of nitrogens with zero attached hydrogens (tertiary/aromatic N) is 1. The van der Waals surface area contributed by atoms with Crippen LogP contribution in [0.3, 0.4) is 0 Å². The molecular formula is C16H26N2O. The van der Waals surface area contributed by atoms with E-state index in [1.54, 1.807) is 0 Å². The summed E-state index contributed by atoms with van der Waals surface area (Å²) in [5, 5.41) is 12.7. The minimum atomic E-state index is 0.268. The highest BCUT2D eigenvalue weighted by molar-refractivity contribution is 5.21. The number of aryl methyl sites for hydroxylation is 1. The highest BCUT2D eigenvalue weighted by Gasteiger charge is 2.22. The molecule has 1 saturated heterocycles. The first-order valence-corrected chi connectivity index (χ1v) is 7.33. The molecule has 1 aromatic rings. The first-order valence-electron chi connectivity index (χ1n) is 7.33. The van der Waals surface area contributed by atoms with E-state index in [0.29, 0.717) is 12.1 Å². The fourth-order valence-corrected chi connectivity index (χ4v) is 2.70. The maximum absolute atomic E-state index is 9.12. The Balaban J connectivity index is 2.00. The van der Waals surface area contributed by atoms with Gasteiger partial charge in [-0.25, -0.2) is 0 Å². The molecule has 3 heteroatoms. The molecule has 1 fully saturated rings. The van der Waals surface area contributed by atoms with E-state index in [1.807, 2.05) is 0 Å². The molecule has 1 aliphatic rings. The van der Waals surface area contributed by atoms with Crippen molar-refractivity contribution in [3.8, 4) is 0 Å². The molecular weight excluding hydrogens is 236 g/mol. The molecule has 0 amide bonds. The lowest BCUT2D eigenvalue weighted by atomic mass is 10.1. The summed E-state index contributed by atoms with van der Waals surface area (Å²) in [5.74, 6) is 0. The van der Waals surface area contributed by atoms with E-state index >= 15 is 0 Å². The van der Waals surface area contributed by atoms with Crippen LogP contribution in [0.25, 0.3) is 0 Å². The average molecular weight is 262 g/mol. The minimum absolute atomic E-state index is 0.268. The predicted octanol–water partition coefficient (Wildman–Crippen LogP) is 1.93. The van der Waals surface area contributed by atoms with E-state index in [-0.39, 0.29) is 6.61 Å². The summed E-state index contributed by atoms with van der Waals surface area (Å²) in [6.07, 6.45) is 2.02. The summed E-state index contributed by atoms with van der Waals surface area (Å²) in [4.78, 5) is 2.53. The van der Waals surface area contributed by atoms with Gasteiger partial charge in [0.05, 0.1) is 0 Å². The van der Waals surface area contributed by atoms with Gasteiger partial charge in [0.25, 0.3) is 0 Å². The van der Waals surface area contributed by atoms with Crippen molar-refractivity contribution < 1.29 is 5.11 Å². The van der Waals surface area contributed by atoms with Gasteiger partial charge in [-0.2, -0.15) is 0 Å². The van der Waals surface area contributed by atoms with Crippen molar-refractivity contribution in [3.05, 3.63) is 35.4 Å². The zero-order chi connectivity index (χ0) is 13.7. The zero-order valence-corrected chi connectivity index (χ0v) is 12.1. The summed E-state index contributed by atoms with van der Waals surface area (Å²) in [5.41, 5.74) is 2.69. The molecule has 2 unspecified atom stereocenters. The molecule has 2 atom stereocenters. The lowest BCUT2D eigenvalue weighted by Gasteiger charge is -2.29. The summed E-state index contributed by atoms with van der Waals surface area (Å²) in [6, 6.07) is 9.82. The fraction of sp³-hybridized carbons (Fsp3) is 0.625. The lowest BCUT2D eigenvalue weighted by molar-refractivity contribution is 0.182. The Kier molecular flexibility index (Phi) is 5.37. The van der Waals surface area contributed by atoms with Crippen LogP contribution in [-0.2, 0) is 6.54 Å². The Hall–Kier alpha value is -0.900. The third kappa shape index (κ3) is 4.30. The van der Waals surface area contributed by atoms with Gasteiger partial charge in [0.1, 0.15) is 0 Å². The topological polar surface area (TPSA) is 35.5 Å². The fourth-order valence-electron chi connectivity index (χ4n) is 2.70. The Morgan fingerprint density at radius 2 is 2.05 bits per heavy atom. The van der Waals surface area contributed by atoms with E-state index < -0.39 is 0 Å². The van der Waals surface area contributed by atoms with Crippen molar-refractivity contribution in [3.63, 3.8) is 0 Å². The molecule has 0 spiro atoms. The molecule has 106 valence electrons. The lowest BCUT2D eigenvalue weighted by Crippen LogP contribution is -2.40. The normalized spacial score (nSPS) is 25.2. The summed E-state index contributed by atoms with van der Waals surface area (Å²) < 4.78 is 0. The second-order valence-electron chi connectivity index (χ2n) is 5.72. The Bertz CT molecular complexity index is 377. The molecule has 2 rings (SSSR count). The monoisotopic (exact) mass is 262 g/mol. The maximum atomic E-state index is 9.12. The minimum Gasteiger partial charge on any atom is -0.396 e. The van der Waals surface area contributed by atoms with Crippen LogP contribution in [0.1, 0.15) is 30.9 Å². The van der Waals surface area contributed by atoms with Gasteiger partial charge in [0.15, 0.2) is 0 Å². The number of aliphatic hydroxyl groups is 1. The van der Waals surface area contributed by atoms with E-state index in [4.69, 9.17) is 5.11 Å². The van der Waals surface area contributed by atoms with Crippen LogP contribution in [0, 0.1) is 6.92 Å². The van der Waals surface area contributed by atoms with Crippen molar-refractivity contribution in [1.82, 2.24) is 10.2 Å². The van der Waals surface area contributed by atoms with Gasteiger partial charge < -0.3 is 10.4 Å². The molecule has 1 aliphatic heterocycles. The number of benzene rings is 1. The van der Waals surface area contributed by atoms with Crippen molar-refractivity contribution >= 4 is 0 Å². The third-order valence-corrected chi connectivity index (χ3v) is 4.06. The van der Waals surface area contributed by atoms with Gasteiger partial charge in [-0.3, -0.25) is 4.90 Å². The molecule has 19 heavy (non-hydrogen) atoms. The standard InChI is InChI=1S/C16H26N2O/c1-13-3-5-15(6-4-13)11-18-12-16(8-10-19)17-9-7-14(18)2/h3-6,14,16-17,19H,7-12H2,1-2H3. The molecule has 1 aromatic carbocycles. The first-order chi connectivity index (χ1) is 9.19. The number of nitrogens with one attached hydrogen (secondary N) is 1. The molecule has 0 aromatic heterocycles. The van der Waals surface area contributed by atoms with Gasteiger partial charge >= 0.3 is 0 Å². The van der Waals surface area contributed by atoms with Crippen molar-refractivity contribution in [2.45, 2.75) is 45.3 Å². The third-order valence-electron chi connectivity index (χ3n) is 4.06.